The number of hydrogen-bond donors (Lipinski definition) is 2. The van der Waals surface area contributed by atoms with Crippen LogP contribution in [-0.4, -0.2) is 38.8 Å². The van der Waals surface area contributed by atoms with E-state index in [2.05, 4.69) is 43.2 Å². The van der Waals surface area contributed by atoms with Crippen LogP contribution in [0.5, 0.6) is 11.5 Å². The number of furan rings is 1. The average molecular weight is 625 g/mol. The SMILES string of the molecule is Cc1ccc(C)n1-c1ccc(OCc2ccc(C(=O)N/N=C/c3cc(Br)c(O[C@H](C)C(=O)O)c([N+](=O)[O-])c3)o2)cc1. The zero-order chi connectivity index (χ0) is 29.7. The van der Waals surface area contributed by atoms with E-state index in [1.807, 2.05) is 38.1 Å². The van der Waals surface area contributed by atoms with Gasteiger partial charge in [-0.2, -0.15) is 5.10 Å². The number of rotatable bonds is 11. The van der Waals surface area contributed by atoms with Crippen LogP contribution in [0.3, 0.4) is 0 Å². The molecule has 1 atom stereocenters. The maximum atomic E-state index is 12.5. The highest BCUT2D eigenvalue weighted by molar-refractivity contribution is 9.10. The first-order chi connectivity index (χ1) is 19.5. The fourth-order valence-electron chi connectivity index (χ4n) is 3.87. The highest BCUT2D eigenvalue weighted by Gasteiger charge is 2.24. The van der Waals surface area contributed by atoms with Crippen LogP contribution in [0.4, 0.5) is 5.69 Å². The van der Waals surface area contributed by atoms with Gasteiger partial charge in [-0.25, -0.2) is 10.2 Å². The van der Waals surface area contributed by atoms with Gasteiger partial charge in [0, 0.05) is 28.7 Å². The number of hydrogen-bond acceptors (Lipinski definition) is 8. The maximum absolute atomic E-state index is 12.5. The second kappa shape index (κ2) is 12.5. The number of carbonyl (C=O) groups excluding carboxylic acids is 1. The Balaban J connectivity index is 1.35. The highest BCUT2D eigenvalue weighted by atomic mass is 79.9. The number of nitrogens with one attached hydrogen (secondary N) is 1. The Kier molecular flexibility index (Phi) is 8.87. The minimum absolute atomic E-state index is 0.00627. The van der Waals surface area contributed by atoms with Crippen molar-refractivity contribution < 1.29 is 33.5 Å². The van der Waals surface area contributed by atoms with Crippen LogP contribution in [0, 0.1) is 24.0 Å². The molecule has 0 spiro atoms. The number of nitro benzene ring substituents is 1. The van der Waals surface area contributed by atoms with Gasteiger partial charge < -0.3 is 23.6 Å². The van der Waals surface area contributed by atoms with Crippen LogP contribution in [0.2, 0.25) is 0 Å². The van der Waals surface area contributed by atoms with Gasteiger partial charge in [-0.3, -0.25) is 14.9 Å². The molecule has 13 heteroatoms. The second-order valence-corrected chi connectivity index (χ2v) is 9.76. The second-order valence-electron chi connectivity index (χ2n) is 8.91. The Morgan fingerprint density at radius 3 is 2.46 bits per heavy atom. The van der Waals surface area contributed by atoms with Crippen LogP contribution in [0.15, 0.2) is 74.7 Å². The number of amides is 1. The van der Waals surface area contributed by atoms with Gasteiger partial charge in [-0.15, -0.1) is 0 Å². The lowest BCUT2D eigenvalue weighted by molar-refractivity contribution is -0.386. The maximum Gasteiger partial charge on any atom is 0.344 e. The molecule has 2 heterocycles. The number of aryl methyl sites for hydroxylation is 2. The van der Waals surface area contributed by atoms with Crippen LogP contribution in [-0.2, 0) is 11.4 Å². The van der Waals surface area contributed by atoms with Crippen molar-refractivity contribution in [1.82, 2.24) is 9.99 Å². The summed E-state index contributed by atoms with van der Waals surface area (Å²) in [4.78, 5) is 34.3. The van der Waals surface area contributed by atoms with Crippen molar-refractivity contribution in [3.63, 3.8) is 0 Å². The first kappa shape index (κ1) is 29.1. The number of halogens is 1. The summed E-state index contributed by atoms with van der Waals surface area (Å²) in [6.07, 6.45) is -0.121. The van der Waals surface area contributed by atoms with Crippen molar-refractivity contribution in [2.45, 2.75) is 33.5 Å². The van der Waals surface area contributed by atoms with E-state index >= 15 is 0 Å². The van der Waals surface area contributed by atoms with E-state index in [0.717, 1.165) is 23.1 Å². The number of aliphatic carboxylic acids is 1. The van der Waals surface area contributed by atoms with Gasteiger partial charge in [0.1, 0.15) is 18.1 Å². The van der Waals surface area contributed by atoms with E-state index in [0.29, 0.717) is 11.5 Å². The Labute approximate surface area is 242 Å². The van der Waals surface area contributed by atoms with Crippen LogP contribution in [0.1, 0.15) is 40.2 Å². The molecule has 0 aliphatic carbocycles. The molecule has 4 rings (SSSR count). The smallest absolute Gasteiger partial charge is 0.344 e. The number of hydrazone groups is 1. The molecule has 0 saturated heterocycles. The van der Waals surface area contributed by atoms with E-state index in [1.165, 1.54) is 25.3 Å². The molecule has 0 aliphatic heterocycles. The van der Waals surface area contributed by atoms with Gasteiger partial charge >= 0.3 is 17.6 Å². The normalized spacial score (nSPS) is 11.8. The predicted molar refractivity (Wildman–Crippen MR) is 152 cm³/mol. The van der Waals surface area contributed by atoms with Crippen LogP contribution < -0.4 is 14.9 Å². The van der Waals surface area contributed by atoms with Crippen LogP contribution in [0.25, 0.3) is 5.69 Å². The molecule has 0 unspecified atom stereocenters. The number of carbonyl (C=O) groups is 2. The van der Waals surface area contributed by atoms with Gasteiger partial charge in [0.2, 0.25) is 5.75 Å². The highest BCUT2D eigenvalue weighted by Crippen LogP contribution is 2.36. The molecule has 4 aromatic rings. The Hall–Kier alpha value is -4.91. The summed E-state index contributed by atoms with van der Waals surface area (Å²) in [5, 5.41) is 24.4. The lowest BCUT2D eigenvalue weighted by atomic mass is 10.2. The Morgan fingerprint density at radius 2 is 1.83 bits per heavy atom. The van der Waals surface area contributed by atoms with Gasteiger partial charge in [-0.1, -0.05) is 0 Å². The van der Waals surface area contributed by atoms with E-state index in [-0.39, 0.29) is 28.2 Å². The lowest BCUT2D eigenvalue weighted by Gasteiger charge is -2.12. The molecule has 0 aliphatic rings. The number of carboxylic acid groups (broad SMARTS) is 1. The summed E-state index contributed by atoms with van der Waals surface area (Å²) in [6, 6.07) is 17.4. The quantitative estimate of drug-likeness (QED) is 0.125. The third-order valence-corrected chi connectivity index (χ3v) is 6.49. The molecular weight excluding hydrogens is 600 g/mol. The van der Waals surface area contributed by atoms with Crippen molar-refractivity contribution in [3.8, 4) is 17.2 Å². The van der Waals surface area contributed by atoms with Crippen LogP contribution >= 0.6 is 15.9 Å². The monoisotopic (exact) mass is 624 g/mol. The van der Waals surface area contributed by atoms with Gasteiger partial charge in [0.05, 0.1) is 15.6 Å². The summed E-state index contributed by atoms with van der Waals surface area (Å²) in [5.41, 5.74) is 5.36. The average Bonchev–Trinajstić information content (AvgIpc) is 3.54. The summed E-state index contributed by atoms with van der Waals surface area (Å²) >= 11 is 3.15. The molecule has 0 radical (unpaired) electrons. The van der Waals surface area contributed by atoms with E-state index in [9.17, 15) is 19.7 Å². The molecule has 41 heavy (non-hydrogen) atoms. The molecule has 2 N–H and O–H groups in total. The molecule has 0 fully saturated rings. The molecule has 2 aromatic carbocycles. The molecule has 2 aromatic heterocycles. The van der Waals surface area contributed by atoms with E-state index in [4.69, 9.17) is 19.0 Å². The number of ether oxygens (including phenoxy) is 2. The third kappa shape index (κ3) is 7.00. The number of carboxylic acids is 1. The van der Waals surface area contributed by atoms with E-state index in [1.54, 1.807) is 6.07 Å². The number of aromatic nitrogens is 1. The molecular formula is C28H25BrN4O8. The van der Waals surface area contributed by atoms with Crippen molar-refractivity contribution >= 4 is 39.7 Å². The lowest BCUT2D eigenvalue weighted by Crippen LogP contribution is -2.23. The molecule has 1 amide bonds. The Morgan fingerprint density at radius 1 is 1.15 bits per heavy atom. The summed E-state index contributed by atoms with van der Waals surface area (Å²) in [6.45, 7) is 5.43. The van der Waals surface area contributed by atoms with Crippen molar-refractivity contribution in [3.05, 3.63) is 104 Å². The number of nitrogens with zero attached hydrogens (tertiary/aromatic N) is 3. The topological polar surface area (TPSA) is 158 Å². The largest absolute Gasteiger partial charge is 0.486 e. The standard InChI is InChI=1S/C28H25BrN4O8/c1-16-4-5-17(2)32(16)20-6-8-21(9-7-20)39-15-22-10-11-25(41-22)27(34)31-30-14-19-12-23(29)26(24(13-19)33(37)38)40-18(3)28(35)36/h4-14,18H,15H2,1-3H3,(H,31,34)(H,35,36)/b30-14+/t18-/m1/s1. The van der Waals surface area contributed by atoms with Gasteiger partial charge in [-0.05, 0) is 91.3 Å². The van der Waals surface area contributed by atoms with Crippen molar-refractivity contribution in [2.24, 2.45) is 5.10 Å². The predicted octanol–water partition coefficient (Wildman–Crippen LogP) is 5.55. The Bertz CT molecular complexity index is 1600. The van der Waals surface area contributed by atoms with E-state index < -0.39 is 28.6 Å². The molecule has 12 nitrogen and oxygen atoms in total. The number of benzene rings is 2. The molecule has 0 saturated carbocycles. The fraction of sp³-hybridized carbons (Fsp3) is 0.179. The minimum Gasteiger partial charge on any atom is -0.486 e. The van der Waals surface area contributed by atoms with Gasteiger partial charge in [0.25, 0.3) is 0 Å². The zero-order valence-electron chi connectivity index (χ0n) is 22.2. The molecule has 212 valence electrons. The zero-order valence-corrected chi connectivity index (χ0v) is 23.7. The minimum atomic E-state index is -1.31. The summed E-state index contributed by atoms with van der Waals surface area (Å²) in [5.74, 6) is -1.10. The third-order valence-electron chi connectivity index (χ3n) is 5.90. The van der Waals surface area contributed by atoms with Crippen molar-refractivity contribution in [2.75, 3.05) is 0 Å². The fourth-order valence-corrected chi connectivity index (χ4v) is 4.43. The first-order valence-corrected chi connectivity index (χ1v) is 13.0. The summed E-state index contributed by atoms with van der Waals surface area (Å²) in [7, 11) is 0. The molecule has 0 bridgehead atoms. The first-order valence-electron chi connectivity index (χ1n) is 12.2. The number of nitro groups is 1. The van der Waals surface area contributed by atoms with Gasteiger partial charge in [0.15, 0.2) is 11.9 Å². The summed E-state index contributed by atoms with van der Waals surface area (Å²) < 4.78 is 18.8. The van der Waals surface area contributed by atoms with Crippen molar-refractivity contribution in [1.29, 1.82) is 0 Å².